The van der Waals surface area contributed by atoms with Crippen molar-refractivity contribution < 1.29 is 0 Å². The van der Waals surface area contributed by atoms with Gasteiger partial charge < -0.3 is 10.6 Å². The van der Waals surface area contributed by atoms with Crippen LogP contribution in [0.25, 0.3) is 0 Å². The third-order valence-electron chi connectivity index (χ3n) is 5.59. The van der Waals surface area contributed by atoms with E-state index in [4.69, 9.17) is 0 Å². The first-order valence-electron chi connectivity index (χ1n) is 8.38. The zero-order valence-corrected chi connectivity index (χ0v) is 11.8. The summed E-state index contributed by atoms with van der Waals surface area (Å²) >= 11 is 0. The zero-order valence-electron chi connectivity index (χ0n) is 11.8. The van der Waals surface area contributed by atoms with Gasteiger partial charge in [-0.15, -0.1) is 0 Å². The monoisotopic (exact) mass is 250 g/mol. The van der Waals surface area contributed by atoms with Gasteiger partial charge in [-0.05, 0) is 50.5 Å². The Hall–Kier alpha value is -0.0800. The summed E-state index contributed by atoms with van der Waals surface area (Å²) in [6, 6.07) is 1.61. The lowest BCUT2D eigenvalue weighted by atomic mass is 9.78. The average Bonchev–Trinajstić information content (AvgIpc) is 2.36. The molecule has 104 valence electrons. The Balaban J connectivity index is 1.30. The first kappa shape index (κ1) is 12.9. The first-order chi connectivity index (χ1) is 8.92. The fourth-order valence-electron chi connectivity index (χ4n) is 4.10. The van der Waals surface area contributed by atoms with Gasteiger partial charge in [0.05, 0.1) is 0 Å². The van der Waals surface area contributed by atoms with E-state index >= 15 is 0 Å². The molecular formula is C16H30N2. The van der Waals surface area contributed by atoms with E-state index < -0.39 is 0 Å². The molecule has 0 radical (unpaired) electrons. The third kappa shape index (κ3) is 3.27. The predicted molar refractivity (Wildman–Crippen MR) is 76.7 cm³/mol. The molecule has 3 rings (SSSR count). The molecule has 2 nitrogen and oxygen atoms in total. The van der Waals surface area contributed by atoms with E-state index in [1.807, 2.05) is 0 Å². The van der Waals surface area contributed by atoms with Crippen molar-refractivity contribution in [3.63, 3.8) is 0 Å². The summed E-state index contributed by atoms with van der Waals surface area (Å²) in [4.78, 5) is 0. The molecule has 0 aromatic heterocycles. The van der Waals surface area contributed by atoms with Crippen molar-refractivity contribution in [3.8, 4) is 0 Å². The quantitative estimate of drug-likeness (QED) is 0.733. The van der Waals surface area contributed by atoms with Crippen molar-refractivity contribution in [2.45, 2.75) is 76.3 Å². The van der Waals surface area contributed by atoms with Crippen LogP contribution in [0.1, 0.15) is 64.2 Å². The van der Waals surface area contributed by atoms with Gasteiger partial charge in [-0.25, -0.2) is 0 Å². The van der Waals surface area contributed by atoms with Crippen LogP contribution in [0.15, 0.2) is 0 Å². The van der Waals surface area contributed by atoms with Gasteiger partial charge in [-0.1, -0.05) is 32.1 Å². The number of fused-ring (bicyclic) bond motifs is 1. The van der Waals surface area contributed by atoms with Crippen LogP contribution >= 0.6 is 0 Å². The van der Waals surface area contributed by atoms with Gasteiger partial charge in [0.1, 0.15) is 0 Å². The van der Waals surface area contributed by atoms with E-state index in [2.05, 4.69) is 10.6 Å². The molecule has 0 spiro atoms. The van der Waals surface area contributed by atoms with Crippen LogP contribution in [0.3, 0.4) is 0 Å². The second-order valence-electron chi connectivity index (χ2n) is 6.88. The maximum atomic E-state index is 3.91. The van der Waals surface area contributed by atoms with E-state index in [-0.39, 0.29) is 0 Å². The molecule has 3 fully saturated rings. The Morgan fingerprint density at radius 2 is 1.78 bits per heavy atom. The van der Waals surface area contributed by atoms with Crippen molar-refractivity contribution >= 4 is 0 Å². The van der Waals surface area contributed by atoms with Crippen molar-refractivity contribution in [3.05, 3.63) is 0 Å². The van der Waals surface area contributed by atoms with E-state index in [9.17, 15) is 0 Å². The molecule has 18 heavy (non-hydrogen) atoms. The highest BCUT2D eigenvalue weighted by Gasteiger charge is 2.31. The maximum absolute atomic E-state index is 3.91. The van der Waals surface area contributed by atoms with Gasteiger partial charge in [-0.3, -0.25) is 0 Å². The first-order valence-corrected chi connectivity index (χ1v) is 8.38. The SMILES string of the molecule is C1CC(CCNCC2CCC3CCCCC3N2)C1. The second kappa shape index (κ2) is 6.38. The van der Waals surface area contributed by atoms with Crippen molar-refractivity contribution in [1.82, 2.24) is 10.6 Å². The molecule has 0 aromatic carbocycles. The molecule has 2 saturated carbocycles. The van der Waals surface area contributed by atoms with Crippen LogP contribution in [-0.4, -0.2) is 25.2 Å². The van der Waals surface area contributed by atoms with Gasteiger partial charge in [0, 0.05) is 18.6 Å². The second-order valence-corrected chi connectivity index (χ2v) is 6.88. The van der Waals surface area contributed by atoms with Gasteiger partial charge in [0.2, 0.25) is 0 Å². The number of rotatable bonds is 5. The van der Waals surface area contributed by atoms with Crippen LogP contribution in [-0.2, 0) is 0 Å². The lowest BCUT2D eigenvalue weighted by Gasteiger charge is -2.40. The Labute approximate surface area is 112 Å². The van der Waals surface area contributed by atoms with Gasteiger partial charge in [0.25, 0.3) is 0 Å². The molecule has 2 heteroatoms. The zero-order chi connectivity index (χ0) is 12.2. The fourth-order valence-corrected chi connectivity index (χ4v) is 4.10. The minimum atomic E-state index is 0.755. The standard InChI is InChI=1S/C16H30N2/c1-2-7-16-14(6-1)8-9-15(18-16)12-17-11-10-13-4-3-5-13/h13-18H,1-12H2. The highest BCUT2D eigenvalue weighted by Crippen LogP contribution is 2.32. The lowest BCUT2D eigenvalue weighted by Crippen LogP contribution is -2.52. The summed E-state index contributed by atoms with van der Waals surface area (Å²) in [7, 11) is 0. The topological polar surface area (TPSA) is 24.1 Å². The van der Waals surface area contributed by atoms with E-state index in [1.165, 1.54) is 77.3 Å². The largest absolute Gasteiger partial charge is 0.315 e. The summed E-state index contributed by atoms with van der Waals surface area (Å²) in [5, 5.41) is 7.60. The van der Waals surface area contributed by atoms with Crippen LogP contribution in [0.2, 0.25) is 0 Å². The summed E-state index contributed by atoms with van der Waals surface area (Å²) in [6.45, 7) is 2.45. The van der Waals surface area contributed by atoms with Crippen LogP contribution in [0, 0.1) is 11.8 Å². The molecule has 0 bridgehead atoms. The van der Waals surface area contributed by atoms with E-state index in [0.29, 0.717) is 0 Å². The summed E-state index contributed by atoms with van der Waals surface area (Å²) in [6.07, 6.45) is 14.6. The average molecular weight is 250 g/mol. The maximum Gasteiger partial charge on any atom is 0.0195 e. The molecule has 2 aliphatic carbocycles. The van der Waals surface area contributed by atoms with Crippen LogP contribution in [0.5, 0.6) is 0 Å². The normalized spacial score (nSPS) is 37.0. The smallest absolute Gasteiger partial charge is 0.0195 e. The highest BCUT2D eigenvalue weighted by atomic mass is 15.0. The Kier molecular flexibility index (Phi) is 4.58. The molecule has 3 atom stereocenters. The minimum Gasteiger partial charge on any atom is -0.315 e. The minimum absolute atomic E-state index is 0.755. The molecular weight excluding hydrogens is 220 g/mol. The number of piperidine rings is 1. The Morgan fingerprint density at radius 3 is 2.61 bits per heavy atom. The van der Waals surface area contributed by atoms with Gasteiger partial charge in [0.15, 0.2) is 0 Å². The Morgan fingerprint density at radius 1 is 0.889 bits per heavy atom. The molecule has 3 unspecified atom stereocenters. The van der Waals surface area contributed by atoms with Crippen molar-refractivity contribution in [2.75, 3.05) is 13.1 Å². The molecule has 2 N–H and O–H groups in total. The van der Waals surface area contributed by atoms with Crippen LogP contribution in [0.4, 0.5) is 0 Å². The van der Waals surface area contributed by atoms with Crippen molar-refractivity contribution in [1.29, 1.82) is 0 Å². The fraction of sp³-hybridized carbons (Fsp3) is 1.00. The Bertz CT molecular complexity index is 249. The van der Waals surface area contributed by atoms with E-state index in [0.717, 1.165) is 23.9 Å². The number of hydrogen-bond acceptors (Lipinski definition) is 2. The lowest BCUT2D eigenvalue weighted by molar-refractivity contribution is 0.173. The molecule has 3 aliphatic rings. The van der Waals surface area contributed by atoms with Gasteiger partial charge >= 0.3 is 0 Å². The molecule has 1 saturated heterocycles. The third-order valence-corrected chi connectivity index (χ3v) is 5.59. The molecule has 0 aromatic rings. The van der Waals surface area contributed by atoms with E-state index in [1.54, 1.807) is 0 Å². The molecule has 0 amide bonds. The molecule has 1 aliphatic heterocycles. The summed E-state index contributed by atoms with van der Waals surface area (Å²) in [5.41, 5.74) is 0. The number of nitrogens with one attached hydrogen (secondary N) is 2. The van der Waals surface area contributed by atoms with Gasteiger partial charge in [-0.2, -0.15) is 0 Å². The highest BCUT2D eigenvalue weighted by molar-refractivity contribution is 4.90. The summed E-state index contributed by atoms with van der Waals surface area (Å²) in [5.74, 6) is 2.06. The summed E-state index contributed by atoms with van der Waals surface area (Å²) < 4.78 is 0. The molecule has 1 heterocycles. The predicted octanol–water partition coefficient (Wildman–Crippen LogP) is 3.08. The van der Waals surface area contributed by atoms with Crippen molar-refractivity contribution in [2.24, 2.45) is 11.8 Å². The van der Waals surface area contributed by atoms with Crippen LogP contribution < -0.4 is 10.6 Å². The number of hydrogen-bond donors (Lipinski definition) is 2.